The van der Waals surface area contributed by atoms with E-state index in [2.05, 4.69) is 72.8 Å². The smallest absolute Gasteiger partial charge is 0.124 e. The van der Waals surface area contributed by atoms with E-state index in [1.165, 1.54) is 31.4 Å². The van der Waals surface area contributed by atoms with E-state index in [0.29, 0.717) is 0 Å². The van der Waals surface area contributed by atoms with Gasteiger partial charge >= 0.3 is 0 Å². The molecule has 1 aromatic heterocycles. The Morgan fingerprint density at radius 2 is 1.04 bits per heavy atom. The molecule has 2 aliphatic rings. The van der Waals surface area contributed by atoms with Crippen molar-refractivity contribution in [3.05, 3.63) is 108 Å². The molecule has 0 aliphatic carbocycles. The minimum atomic E-state index is -0.427. The predicted octanol–water partition coefficient (Wildman–Crippen LogP) is 5.79. The molecule has 3 aromatic carbocycles. The summed E-state index contributed by atoms with van der Waals surface area (Å²) in [4.78, 5) is 13.4. The zero-order valence-electron chi connectivity index (χ0n) is 14.3. The molecule has 0 bridgehead atoms. The first-order chi connectivity index (χ1) is 13.4. The third kappa shape index (κ3) is 2.00. The third-order valence-electron chi connectivity index (χ3n) is 5.32. The minimum Gasteiger partial charge on any atom is -0.255 e. The second-order valence-corrected chi connectivity index (χ2v) is 8.77. The Morgan fingerprint density at radius 3 is 1.63 bits per heavy atom. The summed E-state index contributed by atoms with van der Waals surface area (Å²) in [5.41, 5.74) is 4.49. The molecule has 2 aliphatic heterocycles. The lowest BCUT2D eigenvalue weighted by Crippen LogP contribution is -2.37. The maximum absolute atomic E-state index is 4.90. The van der Waals surface area contributed by atoms with E-state index in [0.717, 1.165) is 10.7 Å². The maximum Gasteiger partial charge on any atom is 0.124 e. The number of fused-ring (bicyclic) bond motifs is 8. The van der Waals surface area contributed by atoms with E-state index in [1.54, 1.807) is 18.0 Å². The van der Waals surface area contributed by atoms with Gasteiger partial charge in [0.1, 0.15) is 5.03 Å². The standard InChI is InChI=1S/C23H14N2S2/c1-4-10-18-15(7-1)23(16-8-2-5-11-19(16)26-18)17-9-3-6-12-20(17)27-22-21(23)24-13-14-25-22/h1-14H. The fraction of sp³-hybridized carbons (Fsp3) is 0.0435. The van der Waals surface area contributed by atoms with Gasteiger partial charge in [0.25, 0.3) is 0 Å². The highest BCUT2D eigenvalue weighted by Crippen LogP contribution is 2.60. The summed E-state index contributed by atoms with van der Waals surface area (Å²) >= 11 is 3.56. The lowest BCUT2D eigenvalue weighted by molar-refractivity contribution is 0.628. The summed E-state index contributed by atoms with van der Waals surface area (Å²) in [6.45, 7) is 0. The molecule has 128 valence electrons. The Balaban J connectivity index is 1.85. The quantitative estimate of drug-likeness (QED) is 0.332. The van der Waals surface area contributed by atoms with Crippen LogP contribution in [-0.4, -0.2) is 9.97 Å². The summed E-state index contributed by atoms with van der Waals surface area (Å²) < 4.78 is 0. The Bertz CT molecular complexity index is 1010. The number of hydrogen-bond acceptors (Lipinski definition) is 4. The Hall–Kier alpha value is -2.56. The van der Waals surface area contributed by atoms with Gasteiger partial charge in [-0.05, 0) is 34.9 Å². The summed E-state index contributed by atoms with van der Waals surface area (Å²) in [5, 5.41) is 0.993. The van der Waals surface area contributed by atoms with Crippen LogP contribution in [0.4, 0.5) is 0 Å². The molecule has 0 radical (unpaired) electrons. The van der Waals surface area contributed by atoms with Crippen LogP contribution in [0.3, 0.4) is 0 Å². The van der Waals surface area contributed by atoms with Crippen LogP contribution in [0.15, 0.2) is 105 Å². The van der Waals surface area contributed by atoms with E-state index >= 15 is 0 Å². The lowest BCUT2D eigenvalue weighted by Gasteiger charge is -2.43. The third-order valence-corrected chi connectivity index (χ3v) is 7.54. The molecule has 4 aromatic rings. The van der Waals surface area contributed by atoms with Gasteiger partial charge < -0.3 is 0 Å². The lowest BCUT2D eigenvalue weighted by atomic mass is 9.66. The number of rotatable bonds is 0. The van der Waals surface area contributed by atoms with Gasteiger partial charge in [-0.3, -0.25) is 4.98 Å². The highest BCUT2D eigenvalue weighted by molar-refractivity contribution is 7.99. The Kier molecular flexibility index (Phi) is 3.28. The summed E-state index contributed by atoms with van der Waals surface area (Å²) in [6.07, 6.45) is 3.62. The van der Waals surface area contributed by atoms with Crippen molar-refractivity contribution < 1.29 is 0 Å². The molecule has 4 heteroatoms. The number of hydrogen-bond donors (Lipinski definition) is 0. The molecule has 1 spiro atoms. The van der Waals surface area contributed by atoms with Crippen LogP contribution in [-0.2, 0) is 5.41 Å². The molecule has 3 heterocycles. The average molecular weight is 383 g/mol. The molecular formula is C23H14N2S2. The average Bonchev–Trinajstić information content (AvgIpc) is 2.73. The van der Waals surface area contributed by atoms with Crippen LogP contribution in [0.1, 0.15) is 22.4 Å². The van der Waals surface area contributed by atoms with E-state index in [1.807, 2.05) is 18.0 Å². The highest BCUT2D eigenvalue weighted by atomic mass is 32.2. The maximum atomic E-state index is 4.90. The van der Waals surface area contributed by atoms with Crippen molar-refractivity contribution in [2.75, 3.05) is 0 Å². The van der Waals surface area contributed by atoms with Gasteiger partial charge in [0.15, 0.2) is 0 Å². The highest BCUT2D eigenvalue weighted by Gasteiger charge is 2.50. The Morgan fingerprint density at radius 1 is 0.556 bits per heavy atom. The second-order valence-electron chi connectivity index (χ2n) is 6.65. The second kappa shape index (κ2) is 5.72. The molecule has 0 fully saturated rings. The number of benzene rings is 3. The van der Waals surface area contributed by atoms with Crippen molar-refractivity contribution in [2.45, 2.75) is 25.1 Å². The van der Waals surface area contributed by atoms with E-state index < -0.39 is 5.41 Å². The summed E-state index contributed by atoms with van der Waals surface area (Å²) in [7, 11) is 0. The first-order valence-corrected chi connectivity index (χ1v) is 10.5. The van der Waals surface area contributed by atoms with Gasteiger partial charge in [0, 0.05) is 27.1 Å². The summed E-state index contributed by atoms with van der Waals surface area (Å²) in [6, 6.07) is 26.2. The van der Waals surface area contributed by atoms with E-state index in [4.69, 9.17) is 9.97 Å². The van der Waals surface area contributed by atoms with Gasteiger partial charge in [0.2, 0.25) is 0 Å². The van der Waals surface area contributed by atoms with Gasteiger partial charge in [0.05, 0.1) is 11.1 Å². The SMILES string of the molecule is c1ccc2c(c1)Sc1ccccc1C21c2ccccc2Sc2nccnc21. The summed E-state index contributed by atoms with van der Waals surface area (Å²) in [5.74, 6) is 0. The molecular weight excluding hydrogens is 368 g/mol. The van der Waals surface area contributed by atoms with Crippen LogP contribution < -0.4 is 0 Å². The molecule has 6 rings (SSSR count). The van der Waals surface area contributed by atoms with Crippen LogP contribution in [0, 0.1) is 0 Å². The molecule has 0 unspecified atom stereocenters. The van der Waals surface area contributed by atoms with Crippen LogP contribution in [0.5, 0.6) is 0 Å². The van der Waals surface area contributed by atoms with E-state index in [-0.39, 0.29) is 0 Å². The van der Waals surface area contributed by atoms with Crippen molar-refractivity contribution >= 4 is 23.5 Å². The molecule has 0 N–H and O–H groups in total. The minimum absolute atomic E-state index is 0.427. The number of aromatic nitrogens is 2. The zero-order valence-corrected chi connectivity index (χ0v) is 15.9. The molecule has 0 atom stereocenters. The molecule has 0 saturated heterocycles. The van der Waals surface area contributed by atoms with Crippen molar-refractivity contribution in [2.24, 2.45) is 0 Å². The fourth-order valence-corrected chi connectivity index (χ4v) is 6.59. The van der Waals surface area contributed by atoms with Crippen molar-refractivity contribution in [3.8, 4) is 0 Å². The van der Waals surface area contributed by atoms with Crippen molar-refractivity contribution in [1.29, 1.82) is 0 Å². The monoisotopic (exact) mass is 382 g/mol. The molecule has 27 heavy (non-hydrogen) atoms. The van der Waals surface area contributed by atoms with E-state index in [9.17, 15) is 0 Å². The number of nitrogens with zero attached hydrogens (tertiary/aromatic N) is 2. The zero-order chi connectivity index (χ0) is 17.8. The van der Waals surface area contributed by atoms with Gasteiger partial charge in [-0.25, -0.2) is 4.98 Å². The van der Waals surface area contributed by atoms with Crippen molar-refractivity contribution in [3.63, 3.8) is 0 Å². The predicted molar refractivity (Wildman–Crippen MR) is 109 cm³/mol. The molecule has 0 saturated carbocycles. The van der Waals surface area contributed by atoms with Crippen LogP contribution in [0.25, 0.3) is 0 Å². The van der Waals surface area contributed by atoms with Gasteiger partial charge in [-0.15, -0.1) is 0 Å². The molecule has 0 amide bonds. The van der Waals surface area contributed by atoms with Crippen molar-refractivity contribution in [1.82, 2.24) is 9.97 Å². The topological polar surface area (TPSA) is 25.8 Å². The van der Waals surface area contributed by atoms with Gasteiger partial charge in [-0.2, -0.15) is 0 Å². The fourth-order valence-electron chi connectivity index (χ4n) is 4.29. The normalized spacial score (nSPS) is 15.4. The first kappa shape index (κ1) is 15.5. The van der Waals surface area contributed by atoms with Crippen LogP contribution >= 0.6 is 23.5 Å². The Labute approximate surface area is 166 Å². The first-order valence-electron chi connectivity index (χ1n) is 8.85. The van der Waals surface area contributed by atoms with Gasteiger partial charge in [-0.1, -0.05) is 78.1 Å². The van der Waals surface area contributed by atoms with Crippen LogP contribution in [0.2, 0.25) is 0 Å². The molecule has 2 nitrogen and oxygen atoms in total. The largest absolute Gasteiger partial charge is 0.255 e.